The van der Waals surface area contributed by atoms with Crippen molar-refractivity contribution in [2.45, 2.75) is 0 Å². The average Bonchev–Trinajstić information content (AvgIpc) is 2.44. The molecule has 0 aliphatic rings. The van der Waals surface area contributed by atoms with Gasteiger partial charge in [-0.1, -0.05) is 11.6 Å². The SMILES string of the molecule is COc1cc(Br)c(Oc2c(N)cc(N)c(Cl)c2F)cc1Br. The number of anilines is 2. The first-order chi connectivity index (χ1) is 9.85. The Morgan fingerprint density at radius 1 is 1.05 bits per heavy atom. The van der Waals surface area contributed by atoms with Gasteiger partial charge in [0, 0.05) is 0 Å². The van der Waals surface area contributed by atoms with Crippen LogP contribution in [0.5, 0.6) is 17.2 Å². The Kier molecular flexibility index (Phi) is 4.85. The van der Waals surface area contributed by atoms with Gasteiger partial charge in [-0.05, 0) is 50.1 Å². The molecule has 0 aliphatic carbocycles. The molecule has 4 nitrogen and oxygen atoms in total. The molecule has 112 valence electrons. The van der Waals surface area contributed by atoms with Gasteiger partial charge in [-0.25, -0.2) is 4.39 Å². The largest absolute Gasteiger partial charge is 0.496 e. The van der Waals surface area contributed by atoms with Crippen LogP contribution in [-0.4, -0.2) is 7.11 Å². The van der Waals surface area contributed by atoms with Crippen molar-refractivity contribution < 1.29 is 13.9 Å². The summed E-state index contributed by atoms with van der Waals surface area (Å²) in [4.78, 5) is 0. The molecule has 0 heterocycles. The highest BCUT2D eigenvalue weighted by atomic mass is 79.9. The summed E-state index contributed by atoms with van der Waals surface area (Å²) >= 11 is 12.4. The summed E-state index contributed by atoms with van der Waals surface area (Å²) in [5, 5.41) is -0.233. The van der Waals surface area contributed by atoms with E-state index in [1.54, 1.807) is 12.1 Å². The number of nitrogens with two attached hydrogens (primary N) is 2. The molecule has 0 unspecified atom stereocenters. The second-order valence-corrected chi connectivity index (χ2v) is 6.12. The number of ether oxygens (including phenoxy) is 2. The molecule has 8 heteroatoms. The van der Waals surface area contributed by atoms with Gasteiger partial charge in [0.15, 0.2) is 11.6 Å². The van der Waals surface area contributed by atoms with Crippen LogP contribution in [0.15, 0.2) is 27.1 Å². The zero-order valence-corrected chi connectivity index (χ0v) is 14.6. The van der Waals surface area contributed by atoms with Gasteiger partial charge < -0.3 is 20.9 Å². The van der Waals surface area contributed by atoms with Gasteiger partial charge in [0.05, 0.1) is 27.4 Å². The predicted octanol–water partition coefficient (Wildman–Crippen LogP) is 4.97. The monoisotopic (exact) mass is 438 g/mol. The smallest absolute Gasteiger partial charge is 0.188 e. The lowest BCUT2D eigenvalue weighted by molar-refractivity contribution is 0.407. The number of methoxy groups -OCH3 is 1. The van der Waals surface area contributed by atoms with Crippen molar-refractivity contribution in [3.05, 3.63) is 38.0 Å². The number of hydrogen-bond acceptors (Lipinski definition) is 4. The van der Waals surface area contributed by atoms with E-state index in [2.05, 4.69) is 31.9 Å². The van der Waals surface area contributed by atoms with Gasteiger partial charge in [0.2, 0.25) is 0 Å². The lowest BCUT2D eigenvalue weighted by atomic mass is 10.2. The number of hydrogen-bond donors (Lipinski definition) is 2. The van der Waals surface area contributed by atoms with Gasteiger partial charge >= 0.3 is 0 Å². The van der Waals surface area contributed by atoms with Crippen LogP contribution in [0.2, 0.25) is 5.02 Å². The third kappa shape index (κ3) is 3.20. The van der Waals surface area contributed by atoms with Crippen LogP contribution < -0.4 is 20.9 Å². The number of halogens is 4. The number of benzene rings is 2. The maximum atomic E-state index is 14.1. The van der Waals surface area contributed by atoms with E-state index in [0.717, 1.165) is 0 Å². The Morgan fingerprint density at radius 3 is 2.24 bits per heavy atom. The quantitative estimate of drug-likeness (QED) is 0.662. The Morgan fingerprint density at radius 2 is 1.62 bits per heavy atom. The fraction of sp³-hybridized carbons (Fsp3) is 0.0769. The average molecular weight is 440 g/mol. The van der Waals surface area contributed by atoms with Gasteiger partial charge in [0.25, 0.3) is 0 Å². The molecule has 0 spiro atoms. The van der Waals surface area contributed by atoms with E-state index in [1.165, 1.54) is 13.2 Å². The minimum atomic E-state index is -0.812. The highest BCUT2D eigenvalue weighted by molar-refractivity contribution is 9.11. The third-order valence-corrected chi connectivity index (χ3v) is 4.26. The third-order valence-electron chi connectivity index (χ3n) is 2.64. The Balaban J connectivity index is 2.49. The van der Waals surface area contributed by atoms with E-state index in [-0.39, 0.29) is 22.1 Å². The summed E-state index contributed by atoms with van der Waals surface area (Å²) in [6, 6.07) is 4.63. The van der Waals surface area contributed by atoms with Gasteiger partial charge in [-0.3, -0.25) is 0 Å². The van der Waals surface area contributed by atoms with Crippen LogP contribution in [-0.2, 0) is 0 Å². The van der Waals surface area contributed by atoms with Gasteiger partial charge in [-0.2, -0.15) is 0 Å². The molecule has 0 aliphatic heterocycles. The van der Waals surface area contributed by atoms with E-state index < -0.39 is 5.82 Å². The first-order valence-corrected chi connectivity index (χ1v) is 7.55. The van der Waals surface area contributed by atoms with E-state index in [0.29, 0.717) is 20.4 Å². The molecule has 0 saturated heterocycles. The van der Waals surface area contributed by atoms with Gasteiger partial charge in [-0.15, -0.1) is 0 Å². The lowest BCUT2D eigenvalue weighted by Crippen LogP contribution is -2.00. The van der Waals surface area contributed by atoms with Crippen LogP contribution in [0.4, 0.5) is 15.8 Å². The number of rotatable bonds is 3. The molecule has 0 fully saturated rings. The molecule has 2 rings (SSSR count). The van der Waals surface area contributed by atoms with Gasteiger partial charge in [0.1, 0.15) is 16.5 Å². The summed E-state index contributed by atoms with van der Waals surface area (Å²) < 4.78 is 26.0. The molecule has 0 bridgehead atoms. The zero-order valence-electron chi connectivity index (χ0n) is 10.7. The first-order valence-electron chi connectivity index (χ1n) is 5.59. The van der Waals surface area contributed by atoms with Crippen molar-refractivity contribution in [3.8, 4) is 17.2 Å². The topological polar surface area (TPSA) is 70.5 Å². The second-order valence-electron chi connectivity index (χ2n) is 4.03. The Hall–Kier alpha value is -1.18. The van der Waals surface area contributed by atoms with Crippen LogP contribution >= 0.6 is 43.5 Å². The summed E-state index contributed by atoms with van der Waals surface area (Å²) in [7, 11) is 1.53. The highest BCUT2D eigenvalue weighted by Gasteiger charge is 2.18. The molecule has 2 aromatic carbocycles. The summed E-state index contributed by atoms with van der Waals surface area (Å²) in [5.74, 6) is -0.0629. The minimum absolute atomic E-state index is 0.0493. The predicted molar refractivity (Wildman–Crippen MR) is 88.7 cm³/mol. The fourth-order valence-electron chi connectivity index (χ4n) is 1.61. The van der Waals surface area contributed by atoms with E-state index in [9.17, 15) is 4.39 Å². The summed E-state index contributed by atoms with van der Waals surface area (Å²) in [6.07, 6.45) is 0. The maximum absolute atomic E-state index is 14.1. The molecule has 0 aromatic heterocycles. The normalized spacial score (nSPS) is 10.5. The van der Waals surface area contributed by atoms with Crippen molar-refractivity contribution in [1.82, 2.24) is 0 Å². The van der Waals surface area contributed by atoms with Crippen LogP contribution in [0.25, 0.3) is 0 Å². The Bertz CT molecular complexity index is 713. The molecular weight excluding hydrogens is 430 g/mol. The number of nitrogen functional groups attached to an aromatic ring is 2. The maximum Gasteiger partial charge on any atom is 0.188 e. The summed E-state index contributed by atoms with van der Waals surface area (Å²) in [5.41, 5.74) is 11.4. The van der Waals surface area contributed by atoms with Crippen molar-refractivity contribution in [2.75, 3.05) is 18.6 Å². The van der Waals surface area contributed by atoms with Crippen LogP contribution in [0.3, 0.4) is 0 Å². The molecule has 4 N–H and O–H groups in total. The highest BCUT2D eigenvalue weighted by Crippen LogP contribution is 2.42. The van der Waals surface area contributed by atoms with Crippen molar-refractivity contribution in [1.29, 1.82) is 0 Å². The first kappa shape index (κ1) is 16.2. The summed E-state index contributed by atoms with van der Waals surface area (Å²) in [6.45, 7) is 0. The molecule has 21 heavy (non-hydrogen) atoms. The molecule has 0 amide bonds. The molecule has 0 saturated carbocycles. The molecular formula is C13H10Br2ClFN2O2. The minimum Gasteiger partial charge on any atom is -0.496 e. The van der Waals surface area contributed by atoms with Crippen LogP contribution in [0, 0.1) is 5.82 Å². The van der Waals surface area contributed by atoms with Crippen molar-refractivity contribution in [2.24, 2.45) is 0 Å². The Labute approximate surface area is 142 Å². The van der Waals surface area contributed by atoms with Crippen molar-refractivity contribution >= 4 is 54.8 Å². The van der Waals surface area contributed by atoms with E-state index in [4.69, 9.17) is 32.5 Å². The van der Waals surface area contributed by atoms with Crippen LogP contribution in [0.1, 0.15) is 0 Å². The van der Waals surface area contributed by atoms with E-state index >= 15 is 0 Å². The van der Waals surface area contributed by atoms with E-state index in [1.807, 2.05) is 0 Å². The standard InChI is InChI=1S/C13H10Br2ClFN2O2/c1-20-9-2-6(15)10(3-5(9)14)21-13-8(19)4-7(18)11(16)12(13)17/h2-4H,18-19H2,1H3. The van der Waals surface area contributed by atoms with Crippen molar-refractivity contribution in [3.63, 3.8) is 0 Å². The fourth-order valence-corrected chi connectivity index (χ4v) is 2.64. The molecule has 2 aromatic rings. The second kappa shape index (κ2) is 6.29. The molecule has 0 atom stereocenters. The zero-order chi connectivity index (χ0) is 15.7. The molecule has 0 radical (unpaired) electrons. The lowest BCUT2D eigenvalue weighted by Gasteiger charge is -2.14.